The third-order valence-corrected chi connectivity index (χ3v) is 3.46. The lowest BCUT2D eigenvalue weighted by Gasteiger charge is -2.16. The molecule has 2 atom stereocenters. The van der Waals surface area contributed by atoms with E-state index in [1.165, 1.54) is 0 Å². The van der Waals surface area contributed by atoms with Crippen LogP contribution in [0, 0.1) is 11.8 Å². The molecule has 7 nitrogen and oxygen atoms in total. The molecule has 1 aliphatic rings. The van der Waals surface area contributed by atoms with E-state index < -0.39 is 5.97 Å². The van der Waals surface area contributed by atoms with Gasteiger partial charge in [-0.3, -0.25) is 14.8 Å². The van der Waals surface area contributed by atoms with Crippen molar-refractivity contribution >= 4 is 17.8 Å². The number of nitrogens with zero attached hydrogens (tertiary/aromatic N) is 2. The lowest BCUT2D eigenvalue weighted by Crippen LogP contribution is -2.35. The summed E-state index contributed by atoms with van der Waals surface area (Å²) in [7, 11) is 1.76. The second kappa shape index (κ2) is 5.73. The van der Waals surface area contributed by atoms with Crippen LogP contribution >= 0.6 is 0 Å². The molecule has 1 aliphatic carbocycles. The number of carboxylic acids is 1. The average molecular weight is 266 g/mol. The zero-order valence-corrected chi connectivity index (χ0v) is 10.8. The first-order valence-electron chi connectivity index (χ1n) is 6.33. The Bertz CT molecular complexity index is 471. The molecule has 0 aliphatic heterocycles. The molecule has 0 radical (unpaired) electrons. The number of aromatic nitrogens is 2. The normalized spacial score (nSPS) is 22.2. The van der Waals surface area contributed by atoms with Gasteiger partial charge in [-0.25, -0.2) is 4.79 Å². The fourth-order valence-electron chi connectivity index (χ4n) is 2.47. The molecule has 0 spiro atoms. The first-order valence-corrected chi connectivity index (χ1v) is 6.33. The lowest BCUT2D eigenvalue weighted by atomic mass is 9.96. The van der Waals surface area contributed by atoms with Crippen molar-refractivity contribution in [3.63, 3.8) is 0 Å². The highest BCUT2D eigenvalue weighted by molar-refractivity contribution is 5.88. The largest absolute Gasteiger partial charge is 0.481 e. The summed E-state index contributed by atoms with van der Waals surface area (Å²) in [4.78, 5) is 22.6. The van der Waals surface area contributed by atoms with E-state index in [4.69, 9.17) is 5.11 Å². The number of urea groups is 1. The van der Waals surface area contributed by atoms with Gasteiger partial charge in [-0.1, -0.05) is 6.42 Å². The van der Waals surface area contributed by atoms with Gasteiger partial charge in [0.05, 0.1) is 5.92 Å². The molecule has 1 saturated carbocycles. The van der Waals surface area contributed by atoms with Crippen LogP contribution in [0.1, 0.15) is 19.3 Å². The minimum Gasteiger partial charge on any atom is -0.481 e. The van der Waals surface area contributed by atoms with E-state index in [1.54, 1.807) is 24.0 Å². The Hall–Kier alpha value is -2.05. The van der Waals surface area contributed by atoms with Crippen LogP contribution in [-0.4, -0.2) is 33.4 Å². The molecule has 2 rings (SSSR count). The predicted octanol–water partition coefficient (Wildman–Crippen LogP) is 1.04. The zero-order valence-electron chi connectivity index (χ0n) is 10.8. The standard InChI is InChI=1S/C12H18N4O3/c1-16-6-5-10(15-16)14-12(19)13-7-8-3-2-4-9(8)11(17)18/h5-6,8-9H,2-4,7H2,1H3,(H,17,18)(H2,13,14,15,19). The van der Waals surface area contributed by atoms with E-state index in [1.807, 2.05) is 0 Å². The summed E-state index contributed by atoms with van der Waals surface area (Å²) in [6.45, 7) is 0.385. The number of aliphatic carboxylic acids is 1. The first-order chi connectivity index (χ1) is 9.06. The Morgan fingerprint density at radius 1 is 1.53 bits per heavy atom. The van der Waals surface area contributed by atoms with Crippen molar-refractivity contribution in [2.45, 2.75) is 19.3 Å². The number of amides is 2. The average Bonchev–Trinajstić information content (AvgIpc) is 2.95. The molecule has 19 heavy (non-hydrogen) atoms. The van der Waals surface area contributed by atoms with E-state index in [0.29, 0.717) is 18.8 Å². The third-order valence-electron chi connectivity index (χ3n) is 3.46. The van der Waals surface area contributed by atoms with Gasteiger partial charge in [0.15, 0.2) is 5.82 Å². The second-order valence-corrected chi connectivity index (χ2v) is 4.85. The van der Waals surface area contributed by atoms with Crippen LogP contribution < -0.4 is 10.6 Å². The predicted molar refractivity (Wildman–Crippen MR) is 68.7 cm³/mol. The van der Waals surface area contributed by atoms with Crippen LogP contribution in [0.2, 0.25) is 0 Å². The summed E-state index contributed by atoms with van der Waals surface area (Å²) in [6.07, 6.45) is 4.18. The maximum Gasteiger partial charge on any atom is 0.320 e. The van der Waals surface area contributed by atoms with Gasteiger partial charge >= 0.3 is 12.0 Å². The molecule has 1 fully saturated rings. The third kappa shape index (κ3) is 3.46. The molecule has 0 aromatic carbocycles. The molecular weight excluding hydrogens is 248 g/mol. The number of nitrogens with one attached hydrogen (secondary N) is 2. The first kappa shape index (κ1) is 13.4. The van der Waals surface area contributed by atoms with Crippen molar-refractivity contribution < 1.29 is 14.7 Å². The molecule has 104 valence electrons. The van der Waals surface area contributed by atoms with Crippen LogP contribution in [0.3, 0.4) is 0 Å². The van der Waals surface area contributed by atoms with E-state index in [9.17, 15) is 9.59 Å². The zero-order chi connectivity index (χ0) is 13.8. The van der Waals surface area contributed by atoms with Gasteiger partial charge in [0, 0.05) is 25.9 Å². The number of carboxylic acid groups (broad SMARTS) is 1. The SMILES string of the molecule is Cn1ccc(NC(=O)NCC2CCCC2C(=O)O)n1. The number of rotatable bonds is 4. The number of hydrogen-bond acceptors (Lipinski definition) is 3. The number of carbonyl (C=O) groups excluding carboxylic acids is 1. The Balaban J connectivity index is 1.78. The Morgan fingerprint density at radius 2 is 2.32 bits per heavy atom. The van der Waals surface area contributed by atoms with Crippen LogP contribution in [0.15, 0.2) is 12.3 Å². The highest BCUT2D eigenvalue weighted by atomic mass is 16.4. The number of carbonyl (C=O) groups is 2. The highest BCUT2D eigenvalue weighted by Gasteiger charge is 2.32. The summed E-state index contributed by atoms with van der Waals surface area (Å²) in [6, 6.07) is 1.34. The smallest absolute Gasteiger partial charge is 0.320 e. The Labute approximate surface area is 111 Å². The van der Waals surface area contributed by atoms with Crippen molar-refractivity contribution in [1.82, 2.24) is 15.1 Å². The summed E-state index contributed by atoms with van der Waals surface area (Å²) in [5.41, 5.74) is 0. The molecule has 1 heterocycles. The summed E-state index contributed by atoms with van der Waals surface area (Å²) in [5, 5.41) is 18.4. The number of hydrogen-bond donors (Lipinski definition) is 3. The molecule has 2 amide bonds. The molecule has 2 unspecified atom stereocenters. The van der Waals surface area contributed by atoms with Gasteiger partial charge in [0.2, 0.25) is 0 Å². The second-order valence-electron chi connectivity index (χ2n) is 4.85. The van der Waals surface area contributed by atoms with Crippen molar-refractivity contribution in [2.75, 3.05) is 11.9 Å². The van der Waals surface area contributed by atoms with Crippen molar-refractivity contribution in [1.29, 1.82) is 0 Å². The summed E-state index contributed by atoms with van der Waals surface area (Å²) >= 11 is 0. The lowest BCUT2D eigenvalue weighted by molar-refractivity contribution is -0.142. The van der Waals surface area contributed by atoms with E-state index in [2.05, 4.69) is 15.7 Å². The number of aryl methyl sites for hydroxylation is 1. The van der Waals surface area contributed by atoms with Crippen LogP contribution in [0.5, 0.6) is 0 Å². The molecule has 3 N–H and O–H groups in total. The van der Waals surface area contributed by atoms with Gasteiger partial charge in [0.1, 0.15) is 0 Å². The monoisotopic (exact) mass is 266 g/mol. The van der Waals surface area contributed by atoms with Crippen LogP contribution in [0.4, 0.5) is 10.6 Å². The molecule has 1 aromatic rings. The maximum atomic E-state index is 11.6. The van der Waals surface area contributed by atoms with E-state index in [-0.39, 0.29) is 17.9 Å². The highest BCUT2D eigenvalue weighted by Crippen LogP contribution is 2.31. The Kier molecular flexibility index (Phi) is 4.03. The van der Waals surface area contributed by atoms with Crippen LogP contribution in [0.25, 0.3) is 0 Å². The van der Waals surface area contributed by atoms with Crippen LogP contribution in [-0.2, 0) is 11.8 Å². The maximum absolute atomic E-state index is 11.6. The van der Waals surface area contributed by atoms with Gasteiger partial charge in [-0.2, -0.15) is 5.10 Å². The minimum atomic E-state index is -0.769. The summed E-state index contributed by atoms with van der Waals surface area (Å²) in [5.74, 6) is -0.613. The fourth-order valence-corrected chi connectivity index (χ4v) is 2.47. The van der Waals surface area contributed by atoms with E-state index in [0.717, 1.165) is 12.8 Å². The van der Waals surface area contributed by atoms with Crippen molar-refractivity contribution in [2.24, 2.45) is 18.9 Å². The van der Waals surface area contributed by atoms with Crippen molar-refractivity contribution in [3.05, 3.63) is 12.3 Å². The van der Waals surface area contributed by atoms with Gasteiger partial charge in [0.25, 0.3) is 0 Å². The fraction of sp³-hybridized carbons (Fsp3) is 0.583. The molecule has 7 heteroatoms. The van der Waals surface area contributed by atoms with Gasteiger partial charge in [-0.05, 0) is 18.8 Å². The molecular formula is C12H18N4O3. The topological polar surface area (TPSA) is 96.2 Å². The summed E-state index contributed by atoms with van der Waals surface area (Å²) < 4.78 is 1.59. The molecule has 0 bridgehead atoms. The Morgan fingerprint density at radius 3 is 2.95 bits per heavy atom. The number of anilines is 1. The molecule has 1 aromatic heterocycles. The van der Waals surface area contributed by atoms with Crippen molar-refractivity contribution in [3.8, 4) is 0 Å². The minimum absolute atomic E-state index is 0.0204. The van der Waals surface area contributed by atoms with E-state index >= 15 is 0 Å². The quantitative estimate of drug-likeness (QED) is 0.758. The van der Waals surface area contributed by atoms with Gasteiger partial charge in [-0.15, -0.1) is 0 Å². The molecule has 0 saturated heterocycles. The van der Waals surface area contributed by atoms with Gasteiger partial charge < -0.3 is 10.4 Å².